The Kier molecular flexibility index (Phi) is 6.43. The molecule has 0 fully saturated rings. The molecule has 0 spiro atoms. The molecule has 2 amide bonds. The first-order valence-corrected chi connectivity index (χ1v) is 6.35. The second kappa shape index (κ2) is 7.84. The molecule has 0 heterocycles. The SMILES string of the molecule is [2H]N[C@@H](CC(=O)N[C@H](C(=O)NCC(=O)O)C(C)(C)S)C(=O)O. The largest absolute Gasteiger partial charge is 0.480 e. The zero-order valence-corrected chi connectivity index (χ0v) is 12.4. The summed E-state index contributed by atoms with van der Waals surface area (Å²) in [5.74, 6) is -4.19. The van der Waals surface area contributed by atoms with E-state index in [4.69, 9.17) is 11.6 Å². The van der Waals surface area contributed by atoms with Crippen LogP contribution in [0.25, 0.3) is 0 Å². The van der Waals surface area contributed by atoms with E-state index < -0.39 is 53.5 Å². The molecule has 0 bridgehead atoms. The van der Waals surface area contributed by atoms with Gasteiger partial charge in [-0.05, 0) is 13.8 Å². The number of aliphatic carboxylic acids is 2. The van der Waals surface area contributed by atoms with Crippen molar-refractivity contribution in [2.45, 2.75) is 37.1 Å². The van der Waals surface area contributed by atoms with E-state index in [0.29, 0.717) is 0 Å². The van der Waals surface area contributed by atoms with E-state index in [-0.39, 0.29) is 0 Å². The lowest BCUT2D eigenvalue weighted by Crippen LogP contribution is -2.57. The number of thiol groups is 1. The lowest BCUT2D eigenvalue weighted by Gasteiger charge is -2.29. The molecule has 0 rings (SSSR count). The molecule has 0 saturated carbocycles. The summed E-state index contributed by atoms with van der Waals surface area (Å²) in [7, 11) is 0. The molecule has 0 aromatic heterocycles. The first-order valence-electron chi connectivity index (χ1n) is 6.40. The van der Waals surface area contributed by atoms with Crippen molar-refractivity contribution >= 4 is 36.4 Å². The molecule has 10 heteroatoms. The first kappa shape index (κ1) is 17.2. The Hall–Kier alpha value is -1.81. The summed E-state index contributed by atoms with van der Waals surface area (Å²) in [5, 5.41) is 21.7. The Morgan fingerprint density at radius 1 is 1.33 bits per heavy atom. The Morgan fingerprint density at radius 2 is 1.90 bits per heavy atom. The smallest absolute Gasteiger partial charge is 0.322 e. The van der Waals surface area contributed by atoms with Gasteiger partial charge >= 0.3 is 11.9 Å². The van der Waals surface area contributed by atoms with Crippen LogP contribution in [0.1, 0.15) is 20.3 Å². The maximum absolute atomic E-state index is 11.9. The third-order valence-corrected chi connectivity index (χ3v) is 2.63. The molecule has 0 aromatic rings. The van der Waals surface area contributed by atoms with Crippen molar-refractivity contribution < 1.29 is 30.8 Å². The number of carboxylic acid groups (broad SMARTS) is 2. The fraction of sp³-hybridized carbons (Fsp3) is 0.636. The number of rotatable bonds is 9. The molecule has 120 valence electrons. The van der Waals surface area contributed by atoms with Crippen LogP contribution < -0.4 is 16.4 Å². The van der Waals surface area contributed by atoms with Crippen LogP contribution in [0, 0.1) is 0 Å². The third kappa shape index (κ3) is 7.51. The number of carbonyl (C=O) groups is 4. The number of carboxylic acids is 2. The third-order valence-electron chi connectivity index (χ3n) is 2.38. The molecule has 0 aliphatic heterocycles. The first-order chi connectivity index (χ1) is 9.98. The summed E-state index contributed by atoms with van der Waals surface area (Å²) in [6.45, 7) is 2.43. The topological polar surface area (TPSA) is 159 Å². The minimum Gasteiger partial charge on any atom is -0.480 e. The highest BCUT2D eigenvalue weighted by molar-refractivity contribution is 7.81. The lowest BCUT2D eigenvalue weighted by atomic mass is 10.0. The molecule has 2 atom stereocenters. The summed E-state index contributed by atoms with van der Waals surface area (Å²) in [4.78, 5) is 44.9. The predicted molar refractivity (Wildman–Crippen MR) is 75.9 cm³/mol. The summed E-state index contributed by atoms with van der Waals surface area (Å²) < 4.78 is 5.79. The van der Waals surface area contributed by atoms with Gasteiger partial charge in [0.2, 0.25) is 11.8 Å². The Bertz CT molecular complexity index is 454. The van der Waals surface area contributed by atoms with E-state index >= 15 is 0 Å². The minimum absolute atomic E-state index is 0.564. The van der Waals surface area contributed by atoms with Crippen LogP contribution in [-0.4, -0.2) is 57.3 Å². The van der Waals surface area contributed by atoms with Gasteiger partial charge in [-0.1, -0.05) is 0 Å². The van der Waals surface area contributed by atoms with Crippen LogP contribution in [0.5, 0.6) is 0 Å². The van der Waals surface area contributed by atoms with Gasteiger partial charge in [0, 0.05) is 4.75 Å². The fourth-order valence-electron chi connectivity index (χ4n) is 1.32. The van der Waals surface area contributed by atoms with Gasteiger partial charge in [0.05, 0.1) is 6.42 Å². The molecule has 0 aliphatic carbocycles. The second-order valence-electron chi connectivity index (χ2n) is 4.86. The van der Waals surface area contributed by atoms with Gasteiger partial charge < -0.3 is 26.6 Å². The van der Waals surface area contributed by atoms with E-state index in [2.05, 4.69) is 23.3 Å². The number of hydrogen-bond acceptors (Lipinski definition) is 6. The monoisotopic (exact) mass is 322 g/mol. The van der Waals surface area contributed by atoms with Gasteiger partial charge in [-0.2, -0.15) is 12.6 Å². The van der Waals surface area contributed by atoms with Crippen molar-refractivity contribution in [3.05, 3.63) is 0 Å². The summed E-state index contributed by atoms with van der Waals surface area (Å²) in [5.41, 5.74) is 1.71. The number of nitrogens with one attached hydrogen (secondary N) is 2. The summed E-state index contributed by atoms with van der Waals surface area (Å²) >= 11 is 4.17. The Labute approximate surface area is 128 Å². The van der Waals surface area contributed by atoms with Crippen LogP contribution in [0.15, 0.2) is 0 Å². The van der Waals surface area contributed by atoms with Crippen molar-refractivity contribution in [2.75, 3.05) is 6.54 Å². The molecule has 0 radical (unpaired) electrons. The number of carbonyl (C=O) groups excluding carboxylic acids is 2. The average Bonchev–Trinajstić information content (AvgIpc) is 2.37. The molecule has 0 aliphatic rings. The Balaban J connectivity index is 4.86. The van der Waals surface area contributed by atoms with Crippen LogP contribution in [0.2, 0.25) is 1.41 Å². The van der Waals surface area contributed by atoms with Crippen molar-refractivity contribution in [1.82, 2.24) is 10.6 Å². The maximum atomic E-state index is 11.9. The summed E-state index contributed by atoms with van der Waals surface area (Å²) in [6.07, 6.45) is -0.564. The zero-order valence-electron chi connectivity index (χ0n) is 12.5. The molecular weight excluding hydrogens is 302 g/mol. The molecule has 21 heavy (non-hydrogen) atoms. The number of nitrogens with two attached hydrogens (primary N) is 1. The van der Waals surface area contributed by atoms with Gasteiger partial charge in [0.25, 0.3) is 0 Å². The van der Waals surface area contributed by atoms with Crippen LogP contribution in [0.4, 0.5) is 0 Å². The zero-order chi connectivity index (χ0) is 17.5. The normalized spacial score (nSPS) is 14.5. The van der Waals surface area contributed by atoms with Crippen LogP contribution >= 0.6 is 12.6 Å². The second-order valence-corrected chi connectivity index (χ2v) is 6.01. The highest BCUT2D eigenvalue weighted by Crippen LogP contribution is 2.18. The molecule has 9 nitrogen and oxygen atoms in total. The van der Waals surface area contributed by atoms with E-state index in [9.17, 15) is 19.2 Å². The Morgan fingerprint density at radius 3 is 2.29 bits per heavy atom. The van der Waals surface area contributed by atoms with Gasteiger partial charge in [-0.25, -0.2) is 0 Å². The number of amides is 2. The van der Waals surface area contributed by atoms with E-state index in [1.807, 2.05) is 0 Å². The molecular formula is C11H19N3O6S. The van der Waals surface area contributed by atoms with Crippen molar-refractivity contribution in [3.8, 4) is 0 Å². The van der Waals surface area contributed by atoms with Gasteiger partial charge in [-0.15, -0.1) is 0 Å². The fourth-order valence-corrected chi connectivity index (χ4v) is 1.50. The van der Waals surface area contributed by atoms with Gasteiger partial charge in [0.15, 0.2) is 0 Å². The predicted octanol–water partition coefficient (Wildman–Crippen LogP) is -1.82. The van der Waals surface area contributed by atoms with Crippen molar-refractivity contribution in [1.29, 1.82) is 0 Å². The standard InChI is InChI=1S/C11H19N3O6S/c1-11(2,21)8(9(18)13-4-7(16)17)14-6(15)3-5(12)10(19)20/h5,8,21H,3-4,12H2,1-2H3,(H,13,18)(H,14,15)(H,16,17)(H,19,20)/t5-,8+/m0/s1/i/hD. The minimum atomic E-state index is -1.43. The highest BCUT2D eigenvalue weighted by Gasteiger charge is 2.34. The molecule has 0 aromatic carbocycles. The quantitative estimate of drug-likeness (QED) is 0.273. The van der Waals surface area contributed by atoms with Gasteiger partial charge in [0.1, 0.15) is 20.0 Å². The van der Waals surface area contributed by atoms with E-state index in [0.717, 1.165) is 0 Å². The van der Waals surface area contributed by atoms with Gasteiger partial charge in [-0.3, -0.25) is 19.2 Å². The lowest BCUT2D eigenvalue weighted by molar-refractivity contribution is -0.141. The average molecular weight is 322 g/mol. The van der Waals surface area contributed by atoms with Crippen molar-refractivity contribution in [2.24, 2.45) is 5.73 Å². The van der Waals surface area contributed by atoms with Crippen LogP contribution in [-0.2, 0) is 19.2 Å². The summed E-state index contributed by atoms with van der Waals surface area (Å²) in [6, 6.07) is -2.60. The maximum Gasteiger partial charge on any atom is 0.322 e. The van der Waals surface area contributed by atoms with Crippen molar-refractivity contribution in [3.63, 3.8) is 0 Å². The van der Waals surface area contributed by atoms with E-state index in [1.54, 1.807) is 5.73 Å². The van der Waals surface area contributed by atoms with E-state index in [1.165, 1.54) is 13.8 Å². The number of hydrogen-bond donors (Lipinski definition) is 6. The molecule has 0 unspecified atom stereocenters. The highest BCUT2D eigenvalue weighted by atomic mass is 32.1. The molecule has 6 N–H and O–H groups in total. The molecule has 0 saturated heterocycles. The van der Waals surface area contributed by atoms with Crippen LogP contribution in [0.3, 0.4) is 0 Å².